The summed E-state index contributed by atoms with van der Waals surface area (Å²) in [5.74, 6) is 0. The van der Waals surface area contributed by atoms with Gasteiger partial charge in [0, 0.05) is 0 Å². The van der Waals surface area contributed by atoms with Crippen LogP contribution in [0, 0.1) is 0 Å². The average molecular weight is 535 g/mol. The fraction of sp³-hybridized carbons (Fsp3) is 1.00. The van der Waals surface area contributed by atoms with Crippen LogP contribution in [0.25, 0.3) is 0 Å². The van der Waals surface area contributed by atoms with Crippen LogP contribution in [0.3, 0.4) is 0 Å². The van der Waals surface area contributed by atoms with Crippen molar-refractivity contribution >= 4 is 48.7 Å². The molecular formula is C22H48LiNaO8S2. The van der Waals surface area contributed by atoms with E-state index in [0.29, 0.717) is 6.42 Å². The molecule has 34 heavy (non-hydrogen) atoms. The Labute approximate surface area is 240 Å². The van der Waals surface area contributed by atoms with E-state index in [2.05, 4.69) is 18.0 Å². The molecule has 0 saturated heterocycles. The van der Waals surface area contributed by atoms with Crippen molar-refractivity contribution in [3.63, 3.8) is 0 Å². The Morgan fingerprint density at radius 1 is 0.618 bits per heavy atom. The minimum Gasteiger partial charge on any atom is -0.726 e. The van der Waals surface area contributed by atoms with Crippen LogP contribution in [0.4, 0.5) is 0 Å². The molecule has 198 valence electrons. The first-order chi connectivity index (χ1) is 15.5. The minimum absolute atomic E-state index is 0. The van der Waals surface area contributed by atoms with E-state index in [-0.39, 0.29) is 25.5 Å². The van der Waals surface area contributed by atoms with Crippen LogP contribution in [-0.2, 0) is 25.0 Å². The summed E-state index contributed by atoms with van der Waals surface area (Å²) in [7, 11) is -9.15. The molecule has 0 unspecified atom stereocenters. The van der Waals surface area contributed by atoms with E-state index in [1.54, 1.807) is 0 Å². The fourth-order valence-corrected chi connectivity index (χ4v) is 3.97. The number of hydrogen-bond acceptors (Lipinski definition) is 6. The van der Waals surface area contributed by atoms with Crippen molar-refractivity contribution < 1.29 is 53.5 Å². The molecule has 0 radical (unpaired) electrons. The molecule has 2 N–H and O–H groups in total. The number of rotatable bonds is 20. The van der Waals surface area contributed by atoms with Crippen molar-refractivity contribution in [3.8, 4) is 0 Å². The van der Waals surface area contributed by atoms with Crippen molar-refractivity contribution in [3.05, 3.63) is 0 Å². The van der Waals surface area contributed by atoms with Crippen LogP contribution in [-0.4, -0.2) is 65.0 Å². The van der Waals surface area contributed by atoms with E-state index in [9.17, 15) is 8.42 Å². The fourth-order valence-electron chi connectivity index (χ4n) is 3.14. The topological polar surface area (TPSA) is 141 Å². The minimum atomic E-state index is -4.92. The van der Waals surface area contributed by atoms with Gasteiger partial charge in [0.2, 0.25) is 10.4 Å². The molecule has 0 heterocycles. The van der Waals surface area contributed by atoms with E-state index < -0.39 is 20.8 Å². The molecule has 12 heteroatoms. The molecule has 0 aromatic rings. The summed E-state index contributed by atoms with van der Waals surface area (Å²) >= 11 is 1.41. The Morgan fingerprint density at radius 3 is 1.15 bits per heavy atom. The van der Waals surface area contributed by atoms with E-state index in [4.69, 9.17) is 22.1 Å². The maximum atomic E-state index is 10.2. The second-order valence-electron chi connectivity index (χ2n) is 8.33. The number of hydrogen-bond donors (Lipinski definition) is 2. The monoisotopic (exact) mass is 534 g/mol. The zero-order valence-corrected chi connectivity index (χ0v) is 25.9. The third-order valence-electron chi connectivity index (χ3n) is 4.94. The smallest absolute Gasteiger partial charge is 0.726 e. The van der Waals surface area contributed by atoms with Gasteiger partial charge in [-0.2, -0.15) is 8.42 Å². The van der Waals surface area contributed by atoms with E-state index in [0.717, 1.165) is 12.8 Å². The van der Waals surface area contributed by atoms with Crippen molar-refractivity contribution in [1.82, 2.24) is 0 Å². The van der Waals surface area contributed by atoms with Crippen molar-refractivity contribution in [1.29, 1.82) is 0 Å². The van der Waals surface area contributed by atoms with E-state index >= 15 is 0 Å². The summed E-state index contributed by atoms with van der Waals surface area (Å²) in [6, 6.07) is 0. The van der Waals surface area contributed by atoms with Gasteiger partial charge >= 0.3 is 119 Å². The molecule has 0 atom stereocenters. The Kier molecular flexibility index (Phi) is 40.4. The Morgan fingerprint density at radius 2 is 0.882 bits per heavy atom. The third kappa shape index (κ3) is 64.0. The van der Waals surface area contributed by atoms with Gasteiger partial charge in [-0.15, -0.1) is 0 Å². The van der Waals surface area contributed by atoms with Crippen molar-refractivity contribution in [2.75, 3.05) is 6.61 Å². The molecule has 0 aliphatic heterocycles. The molecule has 0 saturated carbocycles. The third-order valence-corrected chi connectivity index (χ3v) is 6.11. The standard InChI is InChI=1S/C12H26O4S.C10H21.Li.Na.H2O4S/c1-2-3-4-5-6-7-8-9-10-11-12-16-17(13,14)15;1-3-5-7-9-10-8-6-4-2;;;1-5(2,3)4/h2-12H2,1H3,(H,13,14,15);1,3-10H2,2H3;;;(H2,1,2,3,4)/q;;+1;;/p-1. The molecule has 0 rings (SSSR count). The van der Waals surface area contributed by atoms with Crippen LogP contribution >= 0.6 is 0 Å². The normalized spacial score (nSPS) is 11.0. The quantitative estimate of drug-likeness (QED) is 0.105. The zero-order valence-electron chi connectivity index (χ0n) is 22.3. The van der Waals surface area contributed by atoms with Gasteiger partial charge in [-0.05, 0) is 6.42 Å². The molecule has 0 fully saturated rings. The van der Waals surface area contributed by atoms with Gasteiger partial charge in [0.25, 0.3) is 0 Å². The first-order valence-corrected chi connectivity index (χ1v) is 16.9. The molecule has 0 spiro atoms. The maximum Gasteiger partial charge on any atom is 1.00 e. The SMILES string of the molecule is CCCCCCCCCCCCOS(=O)(=O)O.CCCCCCCCC[CH2][Na].O=S(=O)([O-])O.[Li+]. The molecule has 0 aliphatic carbocycles. The summed E-state index contributed by atoms with van der Waals surface area (Å²) in [4.78, 5) is 0. The molecule has 0 amide bonds. The average Bonchev–Trinajstić information content (AvgIpc) is 2.70. The summed E-state index contributed by atoms with van der Waals surface area (Å²) in [6.45, 7) is 4.59. The summed E-state index contributed by atoms with van der Waals surface area (Å²) in [5.41, 5.74) is 0. The molecular weight excluding hydrogens is 486 g/mol. The van der Waals surface area contributed by atoms with Crippen LogP contribution < -0.4 is 18.9 Å². The summed E-state index contributed by atoms with van der Waals surface area (Å²) in [6.07, 6.45) is 23.6. The first kappa shape index (κ1) is 42.4. The Balaban J connectivity index is -0.000000227. The molecule has 0 bridgehead atoms. The van der Waals surface area contributed by atoms with Crippen molar-refractivity contribution in [2.45, 2.75) is 133 Å². The largest absolute Gasteiger partial charge is 1.00 e. The predicted octanol–water partition coefficient (Wildman–Crippen LogP) is 3.45. The molecule has 0 aliphatic rings. The van der Waals surface area contributed by atoms with Gasteiger partial charge in [0.05, 0.1) is 6.61 Å². The Bertz CT molecular complexity index is 559. The molecule has 0 aromatic heterocycles. The second-order valence-corrected chi connectivity index (χ2v) is 11.3. The summed E-state index contributed by atoms with van der Waals surface area (Å²) < 4.78 is 67.3. The van der Waals surface area contributed by atoms with Gasteiger partial charge in [-0.3, -0.25) is 9.11 Å². The Hall–Kier alpha value is 1.34. The summed E-state index contributed by atoms with van der Waals surface area (Å²) in [5, 5.41) is 0. The first-order valence-electron chi connectivity index (χ1n) is 12.8. The van der Waals surface area contributed by atoms with Gasteiger partial charge in [0.15, 0.2) is 0 Å². The van der Waals surface area contributed by atoms with Crippen LogP contribution in [0.5, 0.6) is 0 Å². The van der Waals surface area contributed by atoms with Gasteiger partial charge in [-0.25, -0.2) is 12.6 Å². The van der Waals surface area contributed by atoms with Crippen molar-refractivity contribution in [2.24, 2.45) is 0 Å². The second kappa shape index (κ2) is 32.4. The van der Waals surface area contributed by atoms with E-state index in [1.165, 1.54) is 128 Å². The predicted molar refractivity (Wildman–Crippen MR) is 135 cm³/mol. The van der Waals surface area contributed by atoms with Crippen LogP contribution in [0.1, 0.15) is 129 Å². The molecule has 8 nitrogen and oxygen atoms in total. The number of unbranched alkanes of at least 4 members (excludes halogenated alkanes) is 16. The van der Waals surface area contributed by atoms with Crippen LogP contribution in [0.2, 0.25) is 3.67 Å². The van der Waals surface area contributed by atoms with Gasteiger partial charge in [-0.1, -0.05) is 64.7 Å². The maximum absolute atomic E-state index is 10.2. The van der Waals surface area contributed by atoms with E-state index in [1.807, 2.05) is 0 Å². The van der Waals surface area contributed by atoms with Gasteiger partial charge < -0.3 is 4.55 Å². The van der Waals surface area contributed by atoms with Gasteiger partial charge in [0.1, 0.15) is 0 Å². The zero-order chi connectivity index (χ0) is 25.8. The van der Waals surface area contributed by atoms with Crippen LogP contribution in [0.15, 0.2) is 0 Å². The molecule has 0 aromatic carbocycles.